The van der Waals surface area contributed by atoms with Crippen LogP contribution in [0.4, 0.5) is 0 Å². The monoisotopic (exact) mass is 489 g/mol. The fraction of sp³-hybridized carbons (Fsp3) is 0. The molecule has 4 heterocycles. The van der Waals surface area contributed by atoms with E-state index in [1.165, 1.54) is 0 Å². The molecule has 0 aliphatic rings. The Morgan fingerprint density at radius 3 is 2.05 bits per heavy atom. The van der Waals surface area contributed by atoms with Gasteiger partial charge in [0.1, 0.15) is 5.65 Å². The average Bonchev–Trinajstić information content (AvgIpc) is 3.31. The van der Waals surface area contributed by atoms with E-state index in [1.807, 2.05) is 84.9 Å². The Kier molecular flexibility index (Phi) is 4.28. The predicted molar refractivity (Wildman–Crippen MR) is 152 cm³/mol. The molecule has 0 saturated carbocycles. The van der Waals surface area contributed by atoms with Crippen molar-refractivity contribution in [1.29, 1.82) is 0 Å². The van der Waals surface area contributed by atoms with Crippen LogP contribution in [0.2, 0.25) is 0 Å². The second-order valence-electron chi connectivity index (χ2n) is 9.30. The Hall–Kier alpha value is -5.36. The molecule has 0 N–H and O–H groups in total. The van der Waals surface area contributed by atoms with E-state index in [4.69, 9.17) is 9.97 Å². The van der Waals surface area contributed by atoms with Crippen LogP contribution in [0, 0.1) is 0 Å². The number of rotatable bonds is 2. The Bertz CT molecular complexity index is 2260. The van der Waals surface area contributed by atoms with Crippen LogP contribution in [-0.4, -0.2) is 23.9 Å². The third kappa shape index (κ3) is 2.88. The van der Waals surface area contributed by atoms with E-state index >= 15 is 0 Å². The standard InChI is InChI=1S/C32H19N5O/c38-31-23-14-6-9-17-26(23)37-28(34-31)19-18-27-30(37)22-13-5-8-16-25(22)36(27)32-33-24-15-7-4-12-21(24)29(35-32)20-10-2-1-3-11-20/h1-19H. The lowest BCUT2D eigenvalue weighted by atomic mass is 10.1. The third-order valence-corrected chi connectivity index (χ3v) is 7.16. The molecule has 6 nitrogen and oxygen atoms in total. The predicted octanol–water partition coefficient (Wildman–Crippen LogP) is 6.56. The van der Waals surface area contributed by atoms with Crippen LogP contribution < -0.4 is 5.56 Å². The highest BCUT2D eigenvalue weighted by atomic mass is 16.1. The van der Waals surface area contributed by atoms with Crippen molar-refractivity contribution in [2.45, 2.75) is 0 Å². The first-order valence-electron chi connectivity index (χ1n) is 12.4. The number of benzene rings is 4. The van der Waals surface area contributed by atoms with Crippen LogP contribution in [-0.2, 0) is 0 Å². The van der Waals surface area contributed by atoms with Gasteiger partial charge in [-0.3, -0.25) is 13.8 Å². The summed E-state index contributed by atoms with van der Waals surface area (Å²) < 4.78 is 4.18. The van der Waals surface area contributed by atoms with Crippen molar-refractivity contribution in [3.8, 4) is 17.2 Å². The minimum atomic E-state index is -0.228. The molecule has 0 bridgehead atoms. The minimum absolute atomic E-state index is 0.228. The van der Waals surface area contributed by atoms with E-state index in [-0.39, 0.29) is 5.56 Å². The Morgan fingerprint density at radius 1 is 0.526 bits per heavy atom. The first kappa shape index (κ1) is 20.8. The van der Waals surface area contributed by atoms with Crippen molar-refractivity contribution in [3.05, 3.63) is 126 Å². The highest BCUT2D eigenvalue weighted by Gasteiger charge is 2.19. The molecule has 0 aliphatic carbocycles. The molecule has 6 heteroatoms. The molecular weight excluding hydrogens is 470 g/mol. The van der Waals surface area contributed by atoms with Gasteiger partial charge in [-0.05, 0) is 36.4 Å². The van der Waals surface area contributed by atoms with Crippen molar-refractivity contribution < 1.29 is 0 Å². The molecule has 8 aromatic rings. The number of hydrogen-bond donors (Lipinski definition) is 0. The van der Waals surface area contributed by atoms with Crippen LogP contribution in [0.3, 0.4) is 0 Å². The fourth-order valence-corrected chi connectivity index (χ4v) is 5.51. The van der Waals surface area contributed by atoms with E-state index in [0.717, 1.165) is 49.6 Å². The fourth-order valence-electron chi connectivity index (χ4n) is 5.51. The van der Waals surface area contributed by atoms with Gasteiger partial charge < -0.3 is 0 Å². The number of para-hydroxylation sites is 3. The largest absolute Gasteiger partial charge is 0.291 e. The molecule has 4 aromatic carbocycles. The summed E-state index contributed by atoms with van der Waals surface area (Å²) >= 11 is 0. The van der Waals surface area contributed by atoms with Gasteiger partial charge in [0, 0.05) is 16.3 Å². The molecule has 0 atom stereocenters. The molecule has 178 valence electrons. The maximum absolute atomic E-state index is 12.8. The number of fused-ring (bicyclic) bond motifs is 8. The van der Waals surface area contributed by atoms with E-state index in [2.05, 4.69) is 44.3 Å². The third-order valence-electron chi connectivity index (χ3n) is 7.16. The number of hydrogen-bond acceptors (Lipinski definition) is 4. The molecule has 0 unspecified atom stereocenters. The number of nitrogens with zero attached hydrogens (tertiary/aromatic N) is 5. The first-order chi connectivity index (χ1) is 18.8. The summed E-state index contributed by atoms with van der Waals surface area (Å²) in [4.78, 5) is 27.4. The first-order valence-corrected chi connectivity index (χ1v) is 12.4. The maximum Gasteiger partial charge on any atom is 0.281 e. The van der Waals surface area contributed by atoms with E-state index in [9.17, 15) is 4.79 Å². The zero-order chi connectivity index (χ0) is 25.2. The Morgan fingerprint density at radius 2 is 1.21 bits per heavy atom. The van der Waals surface area contributed by atoms with Crippen molar-refractivity contribution in [2.24, 2.45) is 0 Å². The van der Waals surface area contributed by atoms with Gasteiger partial charge in [-0.1, -0.05) is 78.9 Å². The molecule has 0 spiro atoms. The zero-order valence-electron chi connectivity index (χ0n) is 20.1. The average molecular weight is 490 g/mol. The minimum Gasteiger partial charge on any atom is -0.291 e. The molecule has 4 aromatic heterocycles. The number of aromatic nitrogens is 5. The quantitative estimate of drug-likeness (QED) is 0.258. The molecule has 0 fully saturated rings. The van der Waals surface area contributed by atoms with Crippen molar-refractivity contribution >= 4 is 49.4 Å². The Balaban J connectivity index is 1.56. The lowest BCUT2D eigenvalue weighted by molar-refractivity contribution is 1.01. The summed E-state index contributed by atoms with van der Waals surface area (Å²) in [6.45, 7) is 0. The summed E-state index contributed by atoms with van der Waals surface area (Å²) in [5, 5.41) is 2.62. The van der Waals surface area contributed by atoms with Crippen molar-refractivity contribution in [2.75, 3.05) is 0 Å². The molecular formula is C32H19N5O. The second-order valence-corrected chi connectivity index (χ2v) is 9.30. The van der Waals surface area contributed by atoms with Crippen LogP contribution in [0.1, 0.15) is 0 Å². The highest BCUT2D eigenvalue weighted by Crippen LogP contribution is 2.34. The molecule has 0 aliphatic heterocycles. The van der Waals surface area contributed by atoms with Gasteiger partial charge in [-0.15, -0.1) is 0 Å². The summed E-state index contributed by atoms with van der Waals surface area (Å²) in [5.74, 6) is 0.589. The Labute approximate surface area is 216 Å². The highest BCUT2D eigenvalue weighted by molar-refractivity contribution is 6.09. The van der Waals surface area contributed by atoms with Gasteiger partial charge in [0.2, 0.25) is 5.95 Å². The van der Waals surface area contributed by atoms with E-state index in [1.54, 1.807) is 0 Å². The summed E-state index contributed by atoms with van der Waals surface area (Å²) in [7, 11) is 0. The summed E-state index contributed by atoms with van der Waals surface area (Å²) in [5.41, 5.74) is 6.86. The second kappa shape index (κ2) is 7.82. The summed E-state index contributed by atoms with van der Waals surface area (Å²) in [6, 6.07) is 38.1. The molecule has 0 radical (unpaired) electrons. The van der Waals surface area contributed by atoms with E-state index in [0.29, 0.717) is 17.0 Å². The van der Waals surface area contributed by atoms with Crippen LogP contribution in [0.15, 0.2) is 120 Å². The van der Waals surface area contributed by atoms with Crippen molar-refractivity contribution in [1.82, 2.24) is 23.9 Å². The SMILES string of the molecule is O=c1nc2ccc3c(c4ccccc4n3-c3nc(-c4ccccc4)c4ccccc4n3)n2c2ccccc12. The van der Waals surface area contributed by atoms with Gasteiger partial charge >= 0.3 is 0 Å². The van der Waals surface area contributed by atoms with Crippen LogP contribution in [0.5, 0.6) is 0 Å². The van der Waals surface area contributed by atoms with Gasteiger partial charge in [0.25, 0.3) is 5.56 Å². The van der Waals surface area contributed by atoms with Gasteiger partial charge in [0.15, 0.2) is 0 Å². The van der Waals surface area contributed by atoms with Crippen molar-refractivity contribution in [3.63, 3.8) is 0 Å². The van der Waals surface area contributed by atoms with Gasteiger partial charge in [0.05, 0.1) is 38.7 Å². The topological polar surface area (TPSA) is 65.1 Å². The molecule has 0 amide bonds. The maximum atomic E-state index is 12.8. The zero-order valence-corrected chi connectivity index (χ0v) is 20.1. The lowest BCUT2D eigenvalue weighted by Gasteiger charge is -2.12. The smallest absolute Gasteiger partial charge is 0.281 e. The van der Waals surface area contributed by atoms with Gasteiger partial charge in [-0.2, -0.15) is 4.98 Å². The van der Waals surface area contributed by atoms with Crippen LogP contribution >= 0.6 is 0 Å². The lowest BCUT2D eigenvalue weighted by Crippen LogP contribution is -2.11. The normalized spacial score (nSPS) is 11.8. The van der Waals surface area contributed by atoms with E-state index < -0.39 is 0 Å². The molecule has 0 saturated heterocycles. The molecule has 38 heavy (non-hydrogen) atoms. The summed E-state index contributed by atoms with van der Waals surface area (Å²) in [6.07, 6.45) is 0. The number of pyridine rings is 1. The molecule has 8 rings (SSSR count). The van der Waals surface area contributed by atoms with Gasteiger partial charge in [-0.25, -0.2) is 9.97 Å². The van der Waals surface area contributed by atoms with Crippen LogP contribution in [0.25, 0.3) is 66.6 Å².